The number of sulfonamides is 1. The fraction of sp³-hybridized carbons (Fsp3) is 0.280. The van der Waals surface area contributed by atoms with E-state index in [0.717, 1.165) is 5.39 Å². The Kier molecular flexibility index (Phi) is 6.56. The van der Waals surface area contributed by atoms with E-state index in [2.05, 4.69) is 5.32 Å². The van der Waals surface area contributed by atoms with E-state index >= 15 is 0 Å². The molecule has 7 nitrogen and oxygen atoms in total. The molecule has 0 aliphatic carbocycles. The van der Waals surface area contributed by atoms with E-state index in [-0.39, 0.29) is 48.5 Å². The summed E-state index contributed by atoms with van der Waals surface area (Å²) in [4.78, 5) is 27.1. The minimum Gasteiger partial charge on any atom is -0.357 e. The van der Waals surface area contributed by atoms with Gasteiger partial charge >= 0.3 is 0 Å². The Morgan fingerprint density at radius 2 is 1.74 bits per heavy atom. The molecular weight excluding hydrogens is 457 g/mol. The lowest BCUT2D eigenvalue weighted by molar-refractivity contribution is -0.140. The molecule has 1 N–H and O–H groups in total. The van der Waals surface area contributed by atoms with E-state index in [0.29, 0.717) is 16.6 Å². The van der Waals surface area contributed by atoms with Crippen molar-refractivity contribution in [1.29, 1.82) is 0 Å². The lowest BCUT2D eigenvalue weighted by atomic mass is 10.1. The Labute approximate surface area is 198 Å². The summed E-state index contributed by atoms with van der Waals surface area (Å²) in [7, 11) is -2.20. The molecule has 0 fully saturated rings. The van der Waals surface area contributed by atoms with Gasteiger partial charge in [0.1, 0.15) is 11.9 Å². The van der Waals surface area contributed by atoms with Crippen LogP contribution in [0.2, 0.25) is 0 Å². The summed E-state index contributed by atoms with van der Waals surface area (Å²) in [6, 6.07) is 15.7. The Bertz CT molecular complexity index is 1340. The van der Waals surface area contributed by atoms with Gasteiger partial charge in [0.05, 0.1) is 10.6 Å². The highest BCUT2D eigenvalue weighted by atomic mass is 32.2. The topological polar surface area (TPSA) is 86.8 Å². The summed E-state index contributed by atoms with van der Waals surface area (Å²) in [6.45, 7) is 1.91. The van der Waals surface area contributed by atoms with Gasteiger partial charge in [-0.3, -0.25) is 13.9 Å². The Hall–Kier alpha value is -3.46. The second-order valence-electron chi connectivity index (χ2n) is 8.25. The number of anilines is 1. The molecule has 1 heterocycles. The van der Waals surface area contributed by atoms with Crippen LogP contribution >= 0.6 is 0 Å². The van der Waals surface area contributed by atoms with E-state index in [1.165, 1.54) is 28.4 Å². The van der Waals surface area contributed by atoms with E-state index in [1.807, 2.05) is 18.2 Å². The Morgan fingerprint density at radius 1 is 1.06 bits per heavy atom. The first kappa shape index (κ1) is 23.7. The predicted octanol–water partition coefficient (Wildman–Crippen LogP) is 3.43. The van der Waals surface area contributed by atoms with Crippen molar-refractivity contribution < 1.29 is 22.4 Å². The van der Waals surface area contributed by atoms with Crippen LogP contribution in [-0.2, 0) is 26.2 Å². The molecule has 0 aromatic heterocycles. The van der Waals surface area contributed by atoms with E-state index in [4.69, 9.17) is 0 Å². The first-order valence-corrected chi connectivity index (χ1v) is 12.5. The van der Waals surface area contributed by atoms with Crippen LogP contribution in [0.1, 0.15) is 25.3 Å². The molecule has 9 heteroatoms. The minimum absolute atomic E-state index is 0.0564. The molecule has 178 valence electrons. The number of halogens is 1. The molecule has 0 bridgehead atoms. The fourth-order valence-electron chi connectivity index (χ4n) is 4.29. The number of hydrogen-bond donors (Lipinski definition) is 1. The van der Waals surface area contributed by atoms with Crippen LogP contribution in [0.5, 0.6) is 0 Å². The number of nitrogens with one attached hydrogen (secondary N) is 1. The third-order valence-electron chi connectivity index (χ3n) is 6.11. The van der Waals surface area contributed by atoms with Crippen molar-refractivity contribution in [2.45, 2.75) is 37.2 Å². The van der Waals surface area contributed by atoms with Gasteiger partial charge in [0, 0.05) is 31.9 Å². The average molecular weight is 484 g/mol. The first-order chi connectivity index (χ1) is 16.2. The number of carbonyl (C=O) groups excluding carboxylic acids is 2. The third-order valence-corrected chi connectivity index (χ3v) is 7.97. The Morgan fingerprint density at radius 3 is 2.41 bits per heavy atom. The molecule has 1 atom stereocenters. The fourth-order valence-corrected chi connectivity index (χ4v) is 6.04. The number of rotatable bonds is 8. The lowest BCUT2D eigenvalue weighted by Gasteiger charge is -2.29. The summed E-state index contributed by atoms with van der Waals surface area (Å²) in [5, 5.41) is 4.09. The summed E-state index contributed by atoms with van der Waals surface area (Å²) >= 11 is 0. The van der Waals surface area contributed by atoms with Gasteiger partial charge in [0.2, 0.25) is 11.8 Å². The molecule has 3 aromatic rings. The number of carbonyl (C=O) groups is 2. The number of hydrogen-bond acceptors (Lipinski definition) is 4. The van der Waals surface area contributed by atoms with Crippen LogP contribution in [0.25, 0.3) is 10.8 Å². The molecule has 2 amide bonds. The predicted molar refractivity (Wildman–Crippen MR) is 128 cm³/mol. The van der Waals surface area contributed by atoms with Gasteiger partial charge in [-0.2, -0.15) is 0 Å². The highest BCUT2D eigenvalue weighted by Gasteiger charge is 2.35. The molecule has 4 rings (SSSR count). The van der Waals surface area contributed by atoms with E-state index < -0.39 is 16.1 Å². The van der Waals surface area contributed by atoms with Gasteiger partial charge in [-0.15, -0.1) is 0 Å². The van der Waals surface area contributed by atoms with Crippen molar-refractivity contribution in [2.75, 3.05) is 17.9 Å². The average Bonchev–Trinajstić information content (AvgIpc) is 3.05. The molecule has 0 unspecified atom stereocenters. The molecule has 1 aliphatic heterocycles. The second-order valence-corrected chi connectivity index (χ2v) is 10.1. The van der Waals surface area contributed by atoms with Crippen molar-refractivity contribution in [1.82, 2.24) is 10.2 Å². The van der Waals surface area contributed by atoms with Crippen LogP contribution in [0.4, 0.5) is 10.1 Å². The van der Waals surface area contributed by atoms with Crippen molar-refractivity contribution >= 4 is 38.3 Å². The van der Waals surface area contributed by atoms with Crippen molar-refractivity contribution in [3.8, 4) is 0 Å². The molecule has 0 saturated carbocycles. The Balaban J connectivity index is 1.49. The van der Waals surface area contributed by atoms with Gasteiger partial charge in [-0.25, -0.2) is 12.8 Å². The van der Waals surface area contributed by atoms with Crippen molar-refractivity contribution in [3.63, 3.8) is 0 Å². The number of nitrogens with zero attached hydrogens (tertiary/aromatic N) is 2. The maximum Gasteiger partial charge on any atom is 0.265 e. The van der Waals surface area contributed by atoms with Crippen LogP contribution in [-0.4, -0.2) is 44.8 Å². The highest BCUT2D eigenvalue weighted by molar-refractivity contribution is 7.93. The summed E-state index contributed by atoms with van der Waals surface area (Å²) < 4.78 is 40.9. The van der Waals surface area contributed by atoms with Gasteiger partial charge in [-0.1, -0.05) is 36.4 Å². The van der Waals surface area contributed by atoms with E-state index in [1.54, 1.807) is 37.3 Å². The smallest absolute Gasteiger partial charge is 0.265 e. The summed E-state index contributed by atoms with van der Waals surface area (Å²) in [6.07, 6.45) is 0.337. The molecule has 0 radical (unpaired) electrons. The van der Waals surface area contributed by atoms with Crippen LogP contribution in [0.3, 0.4) is 0 Å². The van der Waals surface area contributed by atoms with Crippen LogP contribution < -0.4 is 9.62 Å². The van der Waals surface area contributed by atoms with Gasteiger partial charge < -0.3 is 10.2 Å². The monoisotopic (exact) mass is 483 g/mol. The largest absolute Gasteiger partial charge is 0.357 e. The van der Waals surface area contributed by atoms with Crippen LogP contribution in [0.15, 0.2) is 65.6 Å². The summed E-state index contributed by atoms with van der Waals surface area (Å²) in [5.74, 6) is -0.990. The first-order valence-electron chi connectivity index (χ1n) is 11.0. The maximum absolute atomic E-state index is 13.3. The SMILES string of the molecule is CNC(=O)[C@@H](C)N(Cc1ccc(F)cc1)C(=O)CCCN1c2cccc3cccc(c23)S1(=O)=O. The zero-order valence-corrected chi connectivity index (χ0v) is 19.8. The van der Waals surface area contributed by atoms with E-state index in [9.17, 15) is 22.4 Å². The maximum atomic E-state index is 13.3. The normalized spacial score (nSPS) is 14.7. The molecule has 3 aromatic carbocycles. The number of amides is 2. The highest BCUT2D eigenvalue weighted by Crippen LogP contribution is 2.42. The van der Waals surface area contributed by atoms with Gasteiger partial charge in [-0.05, 0) is 48.6 Å². The minimum atomic E-state index is -3.69. The quantitative estimate of drug-likeness (QED) is 0.532. The van der Waals surface area contributed by atoms with Crippen LogP contribution in [0, 0.1) is 5.82 Å². The third kappa shape index (κ3) is 4.35. The molecule has 34 heavy (non-hydrogen) atoms. The summed E-state index contributed by atoms with van der Waals surface area (Å²) in [5.41, 5.74) is 1.30. The molecule has 0 saturated heterocycles. The lowest BCUT2D eigenvalue weighted by Crippen LogP contribution is -2.46. The second kappa shape index (κ2) is 9.42. The molecule has 0 spiro atoms. The van der Waals surface area contributed by atoms with Gasteiger partial charge in [0.25, 0.3) is 10.0 Å². The zero-order chi connectivity index (χ0) is 24.5. The zero-order valence-electron chi connectivity index (χ0n) is 19.0. The standard InChI is InChI=1S/C25H26FN3O4S/c1-17(25(31)27-2)28(16-18-11-13-20(26)14-12-18)23(30)10-5-15-29-21-8-3-6-19-7-4-9-22(24(19)21)34(29,32)33/h3-4,6-9,11-14,17H,5,10,15-16H2,1-2H3,(H,27,31)/t17-/m1/s1. The van der Waals surface area contributed by atoms with Gasteiger partial charge in [0.15, 0.2) is 0 Å². The number of likely N-dealkylation sites (N-methyl/N-ethyl adjacent to an activating group) is 1. The molecule has 1 aliphatic rings. The molecular formula is C25H26FN3O4S. The van der Waals surface area contributed by atoms with Crippen molar-refractivity contribution in [3.05, 3.63) is 72.0 Å². The van der Waals surface area contributed by atoms with Crippen molar-refractivity contribution in [2.24, 2.45) is 0 Å². The number of benzene rings is 3.